The topological polar surface area (TPSA) is 29.1 Å². The van der Waals surface area contributed by atoms with Crippen molar-refractivity contribution in [3.63, 3.8) is 0 Å². The Bertz CT molecular complexity index is 386. The highest BCUT2D eigenvalue weighted by atomic mass is 79.9. The number of hydrogen-bond donors (Lipinski definition) is 1. The van der Waals surface area contributed by atoms with Crippen molar-refractivity contribution in [1.82, 2.24) is 5.32 Å². The average Bonchev–Trinajstić information content (AvgIpc) is 2.14. The first-order chi connectivity index (χ1) is 7.02. The predicted octanol–water partition coefficient (Wildman–Crippen LogP) is 2.60. The van der Waals surface area contributed by atoms with Crippen molar-refractivity contribution < 1.29 is 13.6 Å². The maximum absolute atomic E-state index is 13.1. The van der Waals surface area contributed by atoms with Crippen LogP contribution in [0.5, 0.6) is 0 Å². The lowest BCUT2D eigenvalue weighted by molar-refractivity contribution is 0.0949. The van der Waals surface area contributed by atoms with Gasteiger partial charge in [-0.2, -0.15) is 0 Å². The summed E-state index contributed by atoms with van der Waals surface area (Å²) in [5.74, 6) is -2.56. The second-order valence-electron chi connectivity index (χ2n) is 2.80. The SMILES string of the molecule is C=C(Br)CNC(=O)c1c(F)cccc1F. The minimum atomic E-state index is -0.882. The maximum atomic E-state index is 13.1. The summed E-state index contributed by atoms with van der Waals surface area (Å²) in [7, 11) is 0. The van der Waals surface area contributed by atoms with E-state index in [0.29, 0.717) is 4.48 Å². The Labute approximate surface area is 94.1 Å². The van der Waals surface area contributed by atoms with E-state index < -0.39 is 23.1 Å². The Morgan fingerprint density at radius 2 is 1.93 bits per heavy atom. The lowest BCUT2D eigenvalue weighted by atomic mass is 10.2. The number of carbonyl (C=O) groups is 1. The highest BCUT2D eigenvalue weighted by molar-refractivity contribution is 9.11. The summed E-state index contributed by atoms with van der Waals surface area (Å²) < 4.78 is 26.7. The van der Waals surface area contributed by atoms with E-state index in [1.165, 1.54) is 6.07 Å². The molecule has 5 heteroatoms. The quantitative estimate of drug-likeness (QED) is 0.903. The van der Waals surface area contributed by atoms with E-state index in [2.05, 4.69) is 27.8 Å². The van der Waals surface area contributed by atoms with Gasteiger partial charge in [0.1, 0.15) is 17.2 Å². The molecule has 0 unspecified atom stereocenters. The van der Waals surface area contributed by atoms with Gasteiger partial charge in [0.25, 0.3) is 5.91 Å². The fourth-order valence-corrected chi connectivity index (χ4v) is 1.12. The number of rotatable bonds is 3. The largest absolute Gasteiger partial charge is 0.347 e. The second-order valence-corrected chi connectivity index (χ2v) is 3.92. The lowest BCUT2D eigenvalue weighted by Gasteiger charge is -2.05. The normalized spacial score (nSPS) is 9.80. The molecule has 0 aliphatic rings. The van der Waals surface area contributed by atoms with Crippen molar-refractivity contribution in [3.8, 4) is 0 Å². The van der Waals surface area contributed by atoms with Crippen LogP contribution in [0.25, 0.3) is 0 Å². The van der Waals surface area contributed by atoms with E-state index in [4.69, 9.17) is 0 Å². The fraction of sp³-hybridized carbons (Fsp3) is 0.100. The highest BCUT2D eigenvalue weighted by Gasteiger charge is 2.16. The zero-order valence-corrected chi connectivity index (χ0v) is 9.27. The molecule has 1 amide bonds. The van der Waals surface area contributed by atoms with Crippen LogP contribution in [0.2, 0.25) is 0 Å². The number of carbonyl (C=O) groups excluding carboxylic acids is 1. The van der Waals surface area contributed by atoms with Gasteiger partial charge in [-0.05, 0) is 12.1 Å². The monoisotopic (exact) mass is 275 g/mol. The van der Waals surface area contributed by atoms with Crippen LogP contribution < -0.4 is 5.32 Å². The fourth-order valence-electron chi connectivity index (χ4n) is 0.979. The molecule has 1 aromatic carbocycles. The lowest BCUT2D eigenvalue weighted by Crippen LogP contribution is -2.26. The van der Waals surface area contributed by atoms with Crippen molar-refractivity contribution in [3.05, 3.63) is 46.5 Å². The molecule has 0 saturated heterocycles. The van der Waals surface area contributed by atoms with E-state index in [9.17, 15) is 13.6 Å². The Morgan fingerprint density at radius 3 is 2.40 bits per heavy atom. The smallest absolute Gasteiger partial charge is 0.257 e. The third-order valence-electron chi connectivity index (χ3n) is 1.63. The summed E-state index contributed by atoms with van der Waals surface area (Å²) in [6.07, 6.45) is 0. The van der Waals surface area contributed by atoms with Gasteiger partial charge in [-0.3, -0.25) is 4.79 Å². The second kappa shape index (κ2) is 5.02. The molecule has 1 aromatic rings. The van der Waals surface area contributed by atoms with Crippen LogP contribution in [0.4, 0.5) is 8.78 Å². The molecule has 0 bridgehead atoms. The first kappa shape index (κ1) is 11.8. The summed E-state index contributed by atoms with van der Waals surface area (Å²) in [6.45, 7) is 3.60. The molecule has 0 aromatic heterocycles. The molecular formula is C10H8BrF2NO. The Balaban J connectivity index is 2.86. The molecule has 1 rings (SSSR count). The van der Waals surface area contributed by atoms with Crippen LogP contribution in [0, 0.1) is 11.6 Å². The van der Waals surface area contributed by atoms with Gasteiger partial charge in [0.05, 0.1) is 0 Å². The molecule has 0 fully saturated rings. The molecule has 1 N–H and O–H groups in total. The molecular weight excluding hydrogens is 268 g/mol. The Kier molecular flexibility index (Phi) is 3.96. The standard InChI is InChI=1S/C10H8BrF2NO/c1-6(11)5-14-10(15)9-7(12)3-2-4-8(9)13/h2-4H,1,5H2,(H,14,15). The van der Waals surface area contributed by atoms with E-state index in [0.717, 1.165) is 12.1 Å². The van der Waals surface area contributed by atoms with Gasteiger partial charge in [0.15, 0.2) is 0 Å². The number of halogens is 3. The van der Waals surface area contributed by atoms with Gasteiger partial charge in [-0.15, -0.1) is 0 Å². The minimum Gasteiger partial charge on any atom is -0.347 e. The van der Waals surface area contributed by atoms with Gasteiger partial charge in [0, 0.05) is 11.0 Å². The van der Waals surface area contributed by atoms with Crippen molar-refractivity contribution in [2.45, 2.75) is 0 Å². The van der Waals surface area contributed by atoms with Gasteiger partial charge in [-0.1, -0.05) is 28.6 Å². The third kappa shape index (κ3) is 3.13. The molecule has 80 valence electrons. The van der Waals surface area contributed by atoms with Gasteiger partial charge >= 0.3 is 0 Å². The van der Waals surface area contributed by atoms with Gasteiger partial charge in [0.2, 0.25) is 0 Å². The Hall–Kier alpha value is -1.23. The van der Waals surface area contributed by atoms with E-state index in [1.807, 2.05) is 0 Å². The molecule has 0 saturated carbocycles. The molecule has 0 aliphatic carbocycles. The van der Waals surface area contributed by atoms with Crippen molar-refractivity contribution >= 4 is 21.8 Å². The zero-order chi connectivity index (χ0) is 11.4. The first-order valence-corrected chi connectivity index (χ1v) is 4.87. The van der Waals surface area contributed by atoms with Crippen LogP contribution in [-0.2, 0) is 0 Å². The molecule has 0 radical (unpaired) electrons. The van der Waals surface area contributed by atoms with Gasteiger partial charge in [-0.25, -0.2) is 8.78 Å². The summed E-state index contributed by atoms with van der Waals surface area (Å²) in [5, 5.41) is 2.31. The maximum Gasteiger partial charge on any atom is 0.257 e. The number of benzene rings is 1. The summed E-state index contributed by atoms with van der Waals surface area (Å²) >= 11 is 3.02. The molecule has 0 heterocycles. The van der Waals surface area contributed by atoms with Crippen LogP contribution >= 0.6 is 15.9 Å². The molecule has 0 aliphatic heterocycles. The minimum absolute atomic E-state index is 0.118. The molecule has 2 nitrogen and oxygen atoms in total. The number of hydrogen-bond acceptors (Lipinski definition) is 1. The highest BCUT2D eigenvalue weighted by Crippen LogP contribution is 2.11. The third-order valence-corrected chi connectivity index (χ3v) is 1.91. The van der Waals surface area contributed by atoms with Crippen molar-refractivity contribution in [2.24, 2.45) is 0 Å². The summed E-state index contributed by atoms with van der Waals surface area (Å²) in [4.78, 5) is 11.3. The van der Waals surface area contributed by atoms with E-state index in [-0.39, 0.29) is 6.54 Å². The first-order valence-electron chi connectivity index (χ1n) is 4.08. The van der Waals surface area contributed by atoms with Crippen LogP contribution in [-0.4, -0.2) is 12.5 Å². The predicted molar refractivity (Wildman–Crippen MR) is 56.8 cm³/mol. The average molecular weight is 276 g/mol. The molecule has 0 atom stereocenters. The van der Waals surface area contributed by atoms with Gasteiger partial charge < -0.3 is 5.32 Å². The van der Waals surface area contributed by atoms with E-state index >= 15 is 0 Å². The van der Waals surface area contributed by atoms with Crippen LogP contribution in [0.3, 0.4) is 0 Å². The molecule has 0 spiro atoms. The summed E-state index contributed by atoms with van der Waals surface area (Å²) in [5.41, 5.74) is -0.578. The van der Waals surface area contributed by atoms with Crippen molar-refractivity contribution in [1.29, 1.82) is 0 Å². The number of nitrogens with one attached hydrogen (secondary N) is 1. The van der Waals surface area contributed by atoms with Crippen LogP contribution in [0.1, 0.15) is 10.4 Å². The summed E-state index contributed by atoms with van der Waals surface area (Å²) in [6, 6.07) is 3.26. The molecule has 15 heavy (non-hydrogen) atoms. The number of amides is 1. The van der Waals surface area contributed by atoms with E-state index in [1.54, 1.807) is 0 Å². The zero-order valence-electron chi connectivity index (χ0n) is 7.69. The Morgan fingerprint density at radius 1 is 1.40 bits per heavy atom. The van der Waals surface area contributed by atoms with Crippen LogP contribution in [0.15, 0.2) is 29.3 Å². The van der Waals surface area contributed by atoms with Crippen molar-refractivity contribution in [2.75, 3.05) is 6.54 Å².